The fourth-order valence-corrected chi connectivity index (χ4v) is 1.96. The summed E-state index contributed by atoms with van der Waals surface area (Å²) in [5.41, 5.74) is -0.772. The standard InChI is InChI=1S/C13H24N2O3/c1-5-13(4)12(17)15(7-6-11(16)14-13)8-9-18-10(2)3/h10H,5-9H2,1-4H3,(H,14,16). The van der Waals surface area contributed by atoms with E-state index in [-0.39, 0.29) is 17.9 Å². The van der Waals surface area contributed by atoms with Gasteiger partial charge in [-0.25, -0.2) is 0 Å². The average molecular weight is 256 g/mol. The lowest BCUT2D eigenvalue weighted by molar-refractivity contribution is -0.139. The summed E-state index contributed by atoms with van der Waals surface area (Å²) in [6.07, 6.45) is 1.12. The number of carbonyl (C=O) groups excluding carboxylic acids is 2. The van der Waals surface area contributed by atoms with E-state index < -0.39 is 5.54 Å². The van der Waals surface area contributed by atoms with Crippen molar-refractivity contribution in [3.05, 3.63) is 0 Å². The lowest BCUT2D eigenvalue weighted by atomic mass is 9.97. The summed E-state index contributed by atoms with van der Waals surface area (Å²) in [7, 11) is 0. The van der Waals surface area contributed by atoms with Gasteiger partial charge in [-0.3, -0.25) is 9.59 Å². The molecule has 1 saturated heterocycles. The van der Waals surface area contributed by atoms with Gasteiger partial charge in [0.25, 0.3) is 0 Å². The van der Waals surface area contributed by atoms with Crippen LogP contribution in [-0.4, -0.2) is 48.1 Å². The molecule has 1 unspecified atom stereocenters. The van der Waals surface area contributed by atoms with Crippen molar-refractivity contribution >= 4 is 11.8 Å². The molecule has 0 bridgehead atoms. The number of amides is 2. The van der Waals surface area contributed by atoms with Gasteiger partial charge in [0.15, 0.2) is 0 Å². The molecular formula is C13H24N2O3. The third-order valence-corrected chi connectivity index (χ3v) is 3.30. The number of carbonyl (C=O) groups is 2. The second-order valence-corrected chi connectivity index (χ2v) is 5.20. The van der Waals surface area contributed by atoms with Crippen LogP contribution >= 0.6 is 0 Å². The van der Waals surface area contributed by atoms with E-state index in [2.05, 4.69) is 5.32 Å². The minimum atomic E-state index is -0.772. The highest BCUT2D eigenvalue weighted by Gasteiger charge is 2.38. The van der Waals surface area contributed by atoms with Crippen LogP contribution in [0.4, 0.5) is 0 Å². The SMILES string of the molecule is CCC1(C)NC(=O)CCN(CCOC(C)C)C1=O. The normalized spacial score (nSPS) is 25.3. The largest absolute Gasteiger partial charge is 0.377 e. The molecule has 18 heavy (non-hydrogen) atoms. The van der Waals surface area contributed by atoms with Crippen LogP contribution in [0.3, 0.4) is 0 Å². The number of nitrogens with zero attached hydrogens (tertiary/aromatic N) is 1. The lowest BCUT2D eigenvalue weighted by Gasteiger charge is -2.31. The first-order chi connectivity index (χ1) is 8.39. The van der Waals surface area contributed by atoms with Crippen molar-refractivity contribution in [3.8, 4) is 0 Å². The molecule has 0 radical (unpaired) electrons. The Morgan fingerprint density at radius 2 is 2.11 bits per heavy atom. The monoisotopic (exact) mass is 256 g/mol. The summed E-state index contributed by atoms with van der Waals surface area (Å²) >= 11 is 0. The van der Waals surface area contributed by atoms with Gasteiger partial charge in [-0.05, 0) is 27.2 Å². The first-order valence-electron chi connectivity index (χ1n) is 6.61. The van der Waals surface area contributed by atoms with Gasteiger partial charge in [0.05, 0.1) is 12.7 Å². The van der Waals surface area contributed by atoms with Crippen molar-refractivity contribution in [1.82, 2.24) is 10.2 Å². The molecule has 0 aromatic heterocycles. The Morgan fingerprint density at radius 3 is 2.67 bits per heavy atom. The van der Waals surface area contributed by atoms with Crippen molar-refractivity contribution in [2.24, 2.45) is 0 Å². The molecule has 2 amide bonds. The van der Waals surface area contributed by atoms with Gasteiger partial charge in [-0.15, -0.1) is 0 Å². The summed E-state index contributed by atoms with van der Waals surface area (Å²) in [6.45, 7) is 9.15. The van der Waals surface area contributed by atoms with Crippen LogP contribution < -0.4 is 5.32 Å². The highest BCUT2D eigenvalue weighted by Crippen LogP contribution is 2.17. The minimum absolute atomic E-state index is 0.0109. The summed E-state index contributed by atoms with van der Waals surface area (Å²) in [5, 5.41) is 2.81. The van der Waals surface area contributed by atoms with E-state index in [1.54, 1.807) is 11.8 Å². The van der Waals surface area contributed by atoms with Gasteiger partial charge in [-0.2, -0.15) is 0 Å². The molecule has 0 aliphatic carbocycles. The third-order valence-electron chi connectivity index (χ3n) is 3.30. The molecule has 0 saturated carbocycles. The Labute approximate surface area is 109 Å². The molecule has 104 valence electrons. The molecule has 0 aromatic rings. The van der Waals surface area contributed by atoms with Crippen LogP contribution in [-0.2, 0) is 14.3 Å². The summed E-state index contributed by atoms with van der Waals surface area (Å²) in [6, 6.07) is 0. The van der Waals surface area contributed by atoms with Gasteiger partial charge >= 0.3 is 0 Å². The molecule has 1 aliphatic rings. The van der Waals surface area contributed by atoms with Gasteiger partial charge in [0.2, 0.25) is 11.8 Å². The van der Waals surface area contributed by atoms with Crippen molar-refractivity contribution in [3.63, 3.8) is 0 Å². The van der Waals surface area contributed by atoms with E-state index in [0.717, 1.165) is 0 Å². The summed E-state index contributed by atoms with van der Waals surface area (Å²) in [5.74, 6) is -0.0665. The van der Waals surface area contributed by atoms with Gasteiger partial charge in [0, 0.05) is 19.5 Å². The van der Waals surface area contributed by atoms with Crippen molar-refractivity contribution < 1.29 is 14.3 Å². The van der Waals surface area contributed by atoms with E-state index in [1.165, 1.54) is 0 Å². The molecular weight excluding hydrogens is 232 g/mol. The number of ether oxygens (including phenoxy) is 1. The molecule has 1 atom stereocenters. The lowest BCUT2D eigenvalue weighted by Crippen LogP contribution is -2.55. The Hall–Kier alpha value is -1.10. The molecule has 0 spiro atoms. The van der Waals surface area contributed by atoms with Gasteiger partial charge < -0.3 is 15.0 Å². The van der Waals surface area contributed by atoms with Crippen LogP contribution in [0.25, 0.3) is 0 Å². The maximum Gasteiger partial charge on any atom is 0.248 e. The van der Waals surface area contributed by atoms with Crippen LogP contribution in [0, 0.1) is 0 Å². The number of hydrogen-bond acceptors (Lipinski definition) is 3. The highest BCUT2D eigenvalue weighted by molar-refractivity contribution is 5.93. The van der Waals surface area contributed by atoms with Crippen molar-refractivity contribution in [1.29, 1.82) is 0 Å². The van der Waals surface area contributed by atoms with Crippen LogP contribution in [0.15, 0.2) is 0 Å². The number of nitrogens with one attached hydrogen (secondary N) is 1. The van der Waals surface area contributed by atoms with Crippen molar-refractivity contribution in [2.45, 2.75) is 52.2 Å². The fourth-order valence-electron chi connectivity index (χ4n) is 1.96. The average Bonchev–Trinajstić information content (AvgIpc) is 2.41. The Bertz CT molecular complexity index is 317. The van der Waals surface area contributed by atoms with E-state index in [4.69, 9.17) is 4.74 Å². The highest BCUT2D eigenvalue weighted by atomic mass is 16.5. The predicted molar refractivity (Wildman–Crippen MR) is 69.1 cm³/mol. The van der Waals surface area contributed by atoms with Crippen LogP contribution in [0.5, 0.6) is 0 Å². The molecule has 1 fully saturated rings. The molecule has 1 heterocycles. The van der Waals surface area contributed by atoms with Crippen LogP contribution in [0.2, 0.25) is 0 Å². The predicted octanol–water partition coefficient (Wildman–Crippen LogP) is 0.929. The minimum Gasteiger partial charge on any atom is -0.377 e. The quantitative estimate of drug-likeness (QED) is 0.796. The zero-order chi connectivity index (χ0) is 13.8. The molecule has 1 rings (SSSR count). The molecule has 1 aliphatic heterocycles. The van der Waals surface area contributed by atoms with E-state index in [1.807, 2.05) is 20.8 Å². The van der Waals surface area contributed by atoms with Gasteiger partial charge in [-0.1, -0.05) is 6.92 Å². The van der Waals surface area contributed by atoms with E-state index >= 15 is 0 Å². The first-order valence-corrected chi connectivity index (χ1v) is 6.61. The zero-order valence-electron chi connectivity index (χ0n) is 11.8. The molecule has 0 aromatic carbocycles. The Morgan fingerprint density at radius 1 is 1.44 bits per heavy atom. The van der Waals surface area contributed by atoms with Crippen LogP contribution in [0.1, 0.15) is 40.5 Å². The fraction of sp³-hybridized carbons (Fsp3) is 0.846. The van der Waals surface area contributed by atoms with E-state index in [9.17, 15) is 9.59 Å². The zero-order valence-corrected chi connectivity index (χ0v) is 11.8. The molecule has 5 heteroatoms. The molecule has 5 nitrogen and oxygen atoms in total. The molecule has 1 N–H and O–H groups in total. The topological polar surface area (TPSA) is 58.6 Å². The number of hydrogen-bond donors (Lipinski definition) is 1. The smallest absolute Gasteiger partial charge is 0.248 e. The second-order valence-electron chi connectivity index (χ2n) is 5.20. The Balaban J connectivity index is 2.66. The maximum atomic E-state index is 12.4. The second kappa shape index (κ2) is 6.18. The summed E-state index contributed by atoms with van der Waals surface area (Å²) in [4.78, 5) is 25.7. The van der Waals surface area contributed by atoms with Crippen molar-refractivity contribution in [2.75, 3.05) is 19.7 Å². The van der Waals surface area contributed by atoms with Gasteiger partial charge in [0.1, 0.15) is 5.54 Å². The summed E-state index contributed by atoms with van der Waals surface area (Å²) < 4.78 is 5.46. The third kappa shape index (κ3) is 3.70. The first kappa shape index (κ1) is 15.0. The maximum absolute atomic E-state index is 12.4. The number of rotatable bonds is 5. The van der Waals surface area contributed by atoms with E-state index in [0.29, 0.717) is 32.5 Å². The Kier molecular flexibility index (Phi) is 5.14.